The van der Waals surface area contributed by atoms with Crippen molar-refractivity contribution in [1.29, 1.82) is 0 Å². The van der Waals surface area contributed by atoms with Gasteiger partial charge in [-0.05, 0) is 67.6 Å². The molecular formula is C23H28N2O4. The Morgan fingerprint density at radius 2 is 1.62 bits per heavy atom. The van der Waals surface area contributed by atoms with Crippen LogP contribution in [0.1, 0.15) is 38.5 Å². The van der Waals surface area contributed by atoms with Crippen LogP contribution < -0.4 is 0 Å². The summed E-state index contributed by atoms with van der Waals surface area (Å²) in [6.07, 6.45) is 9.83. The van der Waals surface area contributed by atoms with Crippen LogP contribution in [-0.2, 0) is 19.2 Å². The van der Waals surface area contributed by atoms with Gasteiger partial charge in [-0.25, -0.2) is 0 Å². The van der Waals surface area contributed by atoms with Gasteiger partial charge in [-0.2, -0.15) is 0 Å². The molecule has 4 fully saturated rings. The number of allylic oxidation sites excluding steroid dienone is 1. The predicted molar refractivity (Wildman–Crippen MR) is 105 cm³/mol. The fraction of sp³-hybridized carbons (Fsp3) is 0.652. The van der Waals surface area contributed by atoms with Crippen molar-refractivity contribution in [2.75, 3.05) is 13.1 Å². The molecular weight excluding hydrogens is 368 g/mol. The van der Waals surface area contributed by atoms with Crippen LogP contribution in [0.5, 0.6) is 0 Å². The smallest absolute Gasteiger partial charge is 0.253 e. The summed E-state index contributed by atoms with van der Waals surface area (Å²) in [6.45, 7) is 4.81. The zero-order valence-electron chi connectivity index (χ0n) is 16.7. The quantitative estimate of drug-likeness (QED) is 0.509. The molecule has 0 radical (unpaired) electrons. The fourth-order valence-corrected chi connectivity index (χ4v) is 7.12. The SMILES string of the molecule is C=CCC1CC(=O)N(CC2CC3C4CC(CN5C(=O)C=CC5=O)C(C4)C3C2)C1=O. The Morgan fingerprint density at radius 3 is 2.34 bits per heavy atom. The predicted octanol–water partition coefficient (Wildman–Crippen LogP) is 2.16. The number of nitrogens with zero attached hydrogens (tertiary/aromatic N) is 2. The molecule has 3 aliphatic carbocycles. The van der Waals surface area contributed by atoms with Gasteiger partial charge in [0.1, 0.15) is 0 Å². The first kappa shape index (κ1) is 18.8. The van der Waals surface area contributed by atoms with Gasteiger partial charge in [-0.15, -0.1) is 6.58 Å². The topological polar surface area (TPSA) is 74.8 Å². The number of fused-ring (bicyclic) bond motifs is 5. The van der Waals surface area contributed by atoms with Gasteiger partial charge in [0.15, 0.2) is 0 Å². The molecule has 3 saturated carbocycles. The van der Waals surface area contributed by atoms with Gasteiger partial charge in [-0.3, -0.25) is 29.0 Å². The van der Waals surface area contributed by atoms with Crippen LogP contribution >= 0.6 is 0 Å². The lowest BCUT2D eigenvalue weighted by atomic mass is 9.75. The highest BCUT2D eigenvalue weighted by Gasteiger charge is 2.56. The fourth-order valence-electron chi connectivity index (χ4n) is 7.12. The van der Waals surface area contributed by atoms with Gasteiger partial charge in [0.25, 0.3) is 11.8 Å². The van der Waals surface area contributed by atoms with Crippen molar-refractivity contribution in [1.82, 2.24) is 9.80 Å². The molecule has 0 aromatic rings. The zero-order chi connectivity index (χ0) is 20.3. The summed E-state index contributed by atoms with van der Waals surface area (Å²) >= 11 is 0. The van der Waals surface area contributed by atoms with Crippen molar-refractivity contribution in [3.8, 4) is 0 Å². The molecule has 0 spiro atoms. The summed E-state index contributed by atoms with van der Waals surface area (Å²) in [5.41, 5.74) is 0. The molecule has 5 aliphatic rings. The highest BCUT2D eigenvalue weighted by Crippen LogP contribution is 2.62. The van der Waals surface area contributed by atoms with E-state index in [1.807, 2.05) is 0 Å². The molecule has 6 nitrogen and oxygen atoms in total. The second-order valence-corrected chi connectivity index (χ2v) is 9.71. The van der Waals surface area contributed by atoms with E-state index in [0.29, 0.717) is 61.4 Å². The molecule has 4 amide bonds. The third-order valence-corrected chi connectivity index (χ3v) is 8.25. The minimum absolute atomic E-state index is 0.0219. The van der Waals surface area contributed by atoms with E-state index in [1.54, 1.807) is 6.08 Å². The van der Waals surface area contributed by atoms with E-state index in [-0.39, 0.29) is 29.5 Å². The lowest BCUT2D eigenvalue weighted by Crippen LogP contribution is -2.38. The van der Waals surface area contributed by atoms with E-state index in [0.717, 1.165) is 19.3 Å². The van der Waals surface area contributed by atoms with E-state index in [2.05, 4.69) is 6.58 Å². The normalized spacial score (nSPS) is 40.6. The Hall–Kier alpha value is -2.24. The molecule has 2 aliphatic heterocycles. The number of hydrogen-bond donors (Lipinski definition) is 0. The molecule has 7 unspecified atom stereocenters. The van der Waals surface area contributed by atoms with Crippen LogP contribution in [0.25, 0.3) is 0 Å². The van der Waals surface area contributed by atoms with Gasteiger partial charge in [0.05, 0.1) is 5.92 Å². The summed E-state index contributed by atoms with van der Waals surface area (Å²) in [6, 6.07) is 0. The number of rotatable bonds is 6. The van der Waals surface area contributed by atoms with Crippen molar-refractivity contribution >= 4 is 23.6 Å². The number of carbonyl (C=O) groups excluding carboxylic acids is 4. The van der Waals surface area contributed by atoms with E-state index < -0.39 is 0 Å². The lowest BCUT2D eigenvalue weighted by Gasteiger charge is -2.33. The van der Waals surface area contributed by atoms with Crippen molar-refractivity contribution in [2.24, 2.45) is 41.4 Å². The van der Waals surface area contributed by atoms with E-state index in [9.17, 15) is 19.2 Å². The molecule has 0 N–H and O–H groups in total. The number of imide groups is 2. The van der Waals surface area contributed by atoms with E-state index >= 15 is 0 Å². The van der Waals surface area contributed by atoms with Gasteiger partial charge in [0.2, 0.25) is 11.8 Å². The molecule has 7 atom stereocenters. The molecule has 1 saturated heterocycles. The van der Waals surface area contributed by atoms with Crippen LogP contribution in [0.15, 0.2) is 24.8 Å². The highest BCUT2D eigenvalue weighted by molar-refractivity contribution is 6.12. The van der Waals surface area contributed by atoms with Crippen LogP contribution in [-0.4, -0.2) is 46.5 Å². The summed E-state index contributed by atoms with van der Waals surface area (Å²) < 4.78 is 0. The van der Waals surface area contributed by atoms with Crippen LogP contribution in [0.3, 0.4) is 0 Å². The van der Waals surface area contributed by atoms with Gasteiger partial charge >= 0.3 is 0 Å². The summed E-state index contributed by atoms with van der Waals surface area (Å²) in [7, 11) is 0. The van der Waals surface area contributed by atoms with Crippen LogP contribution in [0.4, 0.5) is 0 Å². The van der Waals surface area contributed by atoms with Gasteiger partial charge in [0, 0.05) is 31.7 Å². The molecule has 5 rings (SSSR count). The molecule has 0 aromatic carbocycles. The first-order valence-electron chi connectivity index (χ1n) is 10.9. The maximum atomic E-state index is 12.6. The van der Waals surface area contributed by atoms with Crippen molar-refractivity contribution in [3.05, 3.63) is 24.8 Å². The van der Waals surface area contributed by atoms with Crippen LogP contribution in [0, 0.1) is 41.4 Å². The Labute approximate surface area is 171 Å². The maximum absolute atomic E-state index is 12.6. The lowest BCUT2D eigenvalue weighted by molar-refractivity contribution is -0.140. The van der Waals surface area contributed by atoms with E-state index in [4.69, 9.17) is 0 Å². The van der Waals surface area contributed by atoms with E-state index in [1.165, 1.54) is 28.4 Å². The van der Waals surface area contributed by atoms with Crippen molar-refractivity contribution in [2.45, 2.75) is 38.5 Å². The largest absolute Gasteiger partial charge is 0.282 e. The third kappa shape index (κ3) is 2.99. The molecule has 154 valence electrons. The second kappa shape index (κ2) is 6.92. The monoisotopic (exact) mass is 396 g/mol. The minimum atomic E-state index is -0.217. The standard InChI is InChI=1S/C23H28N2O4/c1-2-3-14-10-22(28)25(23(14)29)11-13-6-17-15-8-16(18(9-15)19(17)7-13)12-24-20(26)4-5-21(24)27/h2,4-5,13-19H,1,3,6-12H2. The van der Waals surface area contributed by atoms with Gasteiger partial charge < -0.3 is 0 Å². The maximum Gasteiger partial charge on any atom is 0.253 e. The Kier molecular flexibility index (Phi) is 4.48. The number of hydrogen-bond acceptors (Lipinski definition) is 4. The third-order valence-electron chi connectivity index (χ3n) is 8.25. The number of carbonyl (C=O) groups is 4. The zero-order valence-corrected chi connectivity index (χ0v) is 16.7. The molecule has 2 bridgehead atoms. The Balaban J connectivity index is 1.21. The Bertz CT molecular complexity index is 800. The molecule has 29 heavy (non-hydrogen) atoms. The van der Waals surface area contributed by atoms with Crippen LogP contribution in [0.2, 0.25) is 0 Å². The number of amides is 4. The molecule has 6 heteroatoms. The summed E-state index contributed by atoms with van der Waals surface area (Å²) in [5, 5.41) is 0. The average Bonchev–Trinajstić information content (AvgIpc) is 3.46. The Morgan fingerprint density at radius 1 is 0.897 bits per heavy atom. The molecule has 0 aromatic heterocycles. The van der Waals surface area contributed by atoms with Crippen molar-refractivity contribution < 1.29 is 19.2 Å². The average molecular weight is 396 g/mol. The first-order chi connectivity index (χ1) is 14.0. The van der Waals surface area contributed by atoms with Gasteiger partial charge in [-0.1, -0.05) is 6.08 Å². The second-order valence-electron chi connectivity index (χ2n) is 9.71. The minimum Gasteiger partial charge on any atom is -0.282 e. The summed E-state index contributed by atoms with van der Waals surface area (Å²) in [5.74, 6) is 2.69. The summed E-state index contributed by atoms with van der Waals surface area (Å²) in [4.78, 5) is 51.7. The number of likely N-dealkylation sites (tertiary alicyclic amines) is 1. The molecule has 2 heterocycles. The first-order valence-corrected chi connectivity index (χ1v) is 10.9. The van der Waals surface area contributed by atoms with Crippen molar-refractivity contribution in [3.63, 3.8) is 0 Å². The highest BCUT2D eigenvalue weighted by atomic mass is 16.2.